The molecule has 0 amide bonds. The molecule has 0 aliphatic heterocycles. The summed E-state index contributed by atoms with van der Waals surface area (Å²) in [6, 6.07) is 1.02. The third-order valence-corrected chi connectivity index (χ3v) is 2.95. The maximum Gasteiger partial charge on any atom is 0.322 e. The fourth-order valence-corrected chi connectivity index (χ4v) is 1.80. The van der Waals surface area contributed by atoms with Gasteiger partial charge in [-0.1, -0.05) is 0 Å². The monoisotopic (exact) mass is 271 g/mol. The van der Waals surface area contributed by atoms with E-state index in [9.17, 15) is 0 Å². The van der Waals surface area contributed by atoms with Crippen molar-refractivity contribution in [2.24, 2.45) is 0 Å². The van der Waals surface area contributed by atoms with E-state index in [2.05, 4.69) is 32.2 Å². The Bertz CT molecular complexity index is 399. The Balaban J connectivity index is 1.83. The van der Waals surface area contributed by atoms with Crippen LogP contribution in [0.3, 0.4) is 0 Å². The Labute approximate surface area is 112 Å². The molecular weight excluding hydrogens is 254 g/mol. The number of anilines is 1. The first-order valence-electron chi connectivity index (χ1n) is 6.17. The molecule has 1 aliphatic rings. The van der Waals surface area contributed by atoms with Gasteiger partial charge in [0.1, 0.15) is 0 Å². The quantitative estimate of drug-likeness (QED) is 0.809. The number of aromatic nitrogens is 3. The summed E-state index contributed by atoms with van der Waals surface area (Å²) in [6.45, 7) is 4.11. The molecule has 18 heavy (non-hydrogen) atoms. The number of likely N-dealkylation sites (N-methyl/N-ethyl adjacent to an activating group) is 1. The third kappa shape index (κ3) is 3.96. The maximum atomic E-state index is 5.80. The van der Waals surface area contributed by atoms with Crippen LogP contribution in [0.15, 0.2) is 0 Å². The number of nitrogens with zero attached hydrogens (tertiary/aromatic N) is 4. The number of hydrogen-bond acceptors (Lipinski definition) is 6. The fourth-order valence-electron chi connectivity index (χ4n) is 1.65. The van der Waals surface area contributed by atoms with Gasteiger partial charge in [0, 0.05) is 19.1 Å². The van der Waals surface area contributed by atoms with E-state index in [4.69, 9.17) is 16.3 Å². The van der Waals surface area contributed by atoms with E-state index in [-0.39, 0.29) is 11.3 Å². The molecule has 0 radical (unpaired) electrons. The van der Waals surface area contributed by atoms with Crippen LogP contribution in [0.1, 0.15) is 19.8 Å². The Morgan fingerprint density at radius 2 is 2.17 bits per heavy atom. The van der Waals surface area contributed by atoms with Gasteiger partial charge in [0.2, 0.25) is 11.2 Å². The number of halogens is 1. The predicted octanol–water partition coefficient (Wildman–Crippen LogP) is 1.43. The van der Waals surface area contributed by atoms with Gasteiger partial charge in [-0.05, 0) is 38.4 Å². The molecule has 1 N–H and O–H groups in total. The number of nitrogens with one attached hydrogen (secondary N) is 1. The van der Waals surface area contributed by atoms with Crippen LogP contribution in [0, 0.1) is 0 Å². The zero-order chi connectivity index (χ0) is 13.0. The fraction of sp³-hybridized carbons (Fsp3) is 0.727. The third-order valence-electron chi connectivity index (χ3n) is 2.78. The molecule has 0 spiro atoms. The highest BCUT2D eigenvalue weighted by atomic mass is 35.5. The van der Waals surface area contributed by atoms with Crippen molar-refractivity contribution in [1.29, 1.82) is 0 Å². The minimum absolute atomic E-state index is 0.145. The normalized spacial score (nSPS) is 14.9. The summed E-state index contributed by atoms with van der Waals surface area (Å²) in [5, 5.41) is 3.27. The summed E-state index contributed by atoms with van der Waals surface area (Å²) in [6.07, 6.45) is 2.62. The topological polar surface area (TPSA) is 63.2 Å². The van der Waals surface area contributed by atoms with Crippen molar-refractivity contribution in [3.8, 4) is 6.01 Å². The molecule has 1 saturated carbocycles. The van der Waals surface area contributed by atoms with Crippen LogP contribution in [0.25, 0.3) is 0 Å². The first kappa shape index (κ1) is 13.3. The summed E-state index contributed by atoms with van der Waals surface area (Å²) in [5.41, 5.74) is 0. The van der Waals surface area contributed by atoms with Crippen LogP contribution in [-0.2, 0) is 0 Å². The van der Waals surface area contributed by atoms with Gasteiger partial charge in [0.15, 0.2) is 0 Å². The van der Waals surface area contributed by atoms with Gasteiger partial charge < -0.3 is 15.0 Å². The van der Waals surface area contributed by atoms with Gasteiger partial charge in [-0.3, -0.25) is 0 Å². The zero-order valence-corrected chi connectivity index (χ0v) is 11.4. The second-order valence-corrected chi connectivity index (χ2v) is 4.62. The highest BCUT2D eigenvalue weighted by molar-refractivity contribution is 6.28. The average molecular weight is 272 g/mol. The molecule has 0 atom stereocenters. The molecule has 0 aromatic carbocycles. The van der Waals surface area contributed by atoms with Crippen molar-refractivity contribution in [2.75, 3.05) is 32.1 Å². The predicted molar refractivity (Wildman–Crippen MR) is 70.1 cm³/mol. The maximum absolute atomic E-state index is 5.80. The van der Waals surface area contributed by atoms with E-state index < -0.39 is 0 Å². The van der Waals surface area contributed by atoms with E-state index in [1.807, 2.05) is 6.92 Å². The SMILES string of the molecule is CCOc1nc(Cl)nc(NCCN(C)C2CC2)n1. The average Bonchev–Trinajstić information content (AvgIpc) is 3.12. The van der Waals surface area contributed by atoms with Crippen molar-refractivity contribution >= 4 is 17.5 Å². The summed E-state index contributed by atoms with van der Waals surface area (Å²) < 4.78 is 5.21. The highest BCUT2D eigenvalue weighted by Crippen LogP contribution is 2.24. The molecule has 1 aliphatic carbocycles. The van der Waals surface area contributed by atoms with Crippen molar-refractivity contribution in [3.63, 3.8) is 0 Å². The lowest BCUT2D eigenvalue weighted by Crippen LogP contribution is -2.27. The van der Waals surface area contributed by atoms with Gasteiger partial charge in [-0.15, -0.1) is 0 Å². The molecule has 0 bridgehead atoms. The van der Waals surface area contributed by atoms with E-state index in [0.717, 1.165) is 19.1 Å². The van der Waals surface area contributed by atoms with Crippen LogP contribution in [-0.4, -0.2) is 52.6 Å². The number of hydrogen-bond donors (Lipinski definition) is 1. The van der Waals surface area contributed by atoms with Gasteiger partial charge >= 0.3 is 6.01 Å². The van der Waals surface area contributed by atoms with E-state index in [1.54, 1.807) is 0 Å². The standard InChI is InChI=1S/C11H18ClN5O/c1-3-18-11-15-9(12)14-10(16-11)13-6-7-17(2)8-4-5-8/h8H,3-7H2,1-2H3,(H,13,14,15,16). The minimum atomic E-state index is 0.145. The Morgan fingerprint density at radius 3 is 2.83 bits per heavy atom. The van der Waals surface area contributed by atoms with Crippen molar-refractivity contribution in [3.05, 3.63) is 5.28 Å². The molecule has 0 unspecified atom stereocenters. The molecule has 7 heteroatoms. The molecule has 100 valence electrons. The molecule has 1 heterocycles. The van der Waals surface area contributed by atoms with Crippen LogP contribution >= 0.6 is 11.6 Å². The van der Waals surface area contributed by atoms with Gasteiger partial charge in [-0.25, -0.2) is 0 Å². The lowest BCUT2D eigenvalue weighted by molar-refractivity contribution is 0.311. The molecule has 6 nitrogen and oxygen atoms in total. The summed E-state index contributed by atoms with van der Waals surface area (Å²) in [4.78, 5) is 14.3. The molecular formula is C11H18ClN5O. The number of rotatable bonds is 7. The summed E-state index contributed by atoms with van der Waals surface area (Å²) >= 11 is 5.80. The van der Waals surface area contributed by atoms with Gasteiger partial charge in [0.25, 0.3) is 0 Å². The van der Waals surface area contributed by atoms with E-state index >= 15 is 0 Å². The van der Waals surface area contributed by atoms with Gasteiger partial charge in [0.05, 0.1) is 6.61 Å². The Kier molecular flexibility index (Phi) is 4.54. The minimum Gasteiger partial charge on any atom is -0.464 e. The van der Waals surface area contributed by atoms with Crippen molar-refractivity contribution in [1.82, 2.24) is 19.9 Å². The highest BCUT2D eigenvalue weighted by Gasteiger charge is 2.25. The van der Waals surface area contributed by atoms with E-state index in [1.165, 1.54) is 12.8 Å². The Hall–Kier alpha value is -1.14. The van der Waals surface area contributed by atoms with E-state index in [0.29, 0.717) is 12.6 Å². The van der Waals surface area contributed by atoms with Crippen LogP contribution < -0.4 is 10.1 Å². The molecule has 1 aromatic rings. The molecule has 1 fully saturated rings. The number of ether oxygens (including phenoxy) is 1. The second kappa shape index (κ2) is 6.15. The van der Waals surface area contributed by atoms with Gasteiger partial charge in [-0.2, -0.15) is 15.0 Å². The smallest absolute Gasteiger partial charge is 0.322 e. The molecule has 0 saturated heterocycles. The summed E-state index contributed by atoms with van der Waals surface area (Å²) in [7, 11) is 2.13. The lowest BCUT2D eigenvalue weighted by Gasteiger charge is -2.15. The lowest BCUT2D eigenvalue weighted by atomic mass is 10.5. The first-order valence-corrected chi connectivity index (χ1v) is 6.55. The van der Waals surface area contributed by atoms with Crippen LogP contribution in [0.5, 0.6) is 6.01 Å². The van der Waals surface area contributed by atoms with Crippen molar-refractivity contribution < 1.29 is 4.74 Å². The van der Waals surface area contributed by atoms with Crippen molar-refractivity contribution in [2.45, 2.75) is 25.8 Å². The van der Waals surface area contributed by atoms with Crippen LogP contribution in [0.2, 0.25) is 5.28 Å². The second-order valence-electron chi connectivity index (χ2n) is 4.28. The molecule has 2 rings (SSSR count). The Morgan fingerprint density at radius 1 is 1.39 bits per heavy atom. The zero-order valence-electron chi connectivity index (χ0n) is 10.7. The first-order chi connectivity index (χ1) is 8.69. The molecule has 1 aromatic heterocycles. The van der Waals surface area contributed by atoms with Crippen LogP contribution in [0.4, 0.5) is 5.95 Å². The largest absolute Gasteiger partial charge is 0.464 e. The summed E-state index contributed by atoms with van der Waals surface area (Å²) in [5.74, 6) is 0.461.